The minimum Gasteiger partial charge on any atom is -0.480 e. The lowest BCUT2D eigenvalue weighted by molar-refractivity contribution is -0.140. The molecule has 0 saturated heterocycles. The number of nitrogens with zero attached hydrogens (tertiary/aromatic N) is 1. The van der Waals surface area contributed by atoms with Gasteiger partial charge in [0, 0.05) is 16.1 Å². The van der Waals surface area contributed by atoms with Crippen molar-refractivity contribution in [3.8, 4) is 10.6 Å². The van der Waals surface area contributed by atoms with E-state index in [4.69, 9.17) is 14.9 Å². The van der Waals surface area contributed by atoms with E-state index in [1.54, 1.807) is 52.0 Å². The molecule has 0 aliphatic heterocycles. The Bertz CT molecular complexity index is 902. The molecule has 1 aromatic heterocycles. The van der Waals surface area contributed by atoms with Crippen molar-refractivity contribution in [3.05, 3.63) is 34.8 Å². The van der Waals surface area contributed by atoms with E-state index in [1.165, 1.54) is 11.3 Å². The van der Waals surface area contributed by atoms with Gasteiger partial charge in [0.05, 0.1) is 6.61 Å². The van der Waals surface area contributed by atoms with Gasteiger partial charge in [0.2, 0.25) is 0 Å². The monoisotopic (exact) mass is 421 g/mol. The number of aliphatic hydroxyl groups is 1. The largest absolute Gasteiger partial charge is 0.480 e. The number of carboxylic acid groups (broad SMARTS) is 1. The summed E-state index contributed by atoms with van der Waals surface area (Å²) >= 11 is 1.27. The van der Waals surface area contributed by atoms with Crippen LogP contribution >= 0.6 is 11.3 Å². The number of hydrogen-bond acceptors (Lipinski definition) is 7. The Labute approximate surface area is 171 Å². The van der Waals surface area contributed by atoms with Crippen LogP contribution in [-0.4, -0.2) is 51.4 Å². The number of ether oxygens (including phenoxy) is 1. The summed E-state index contributed by atoms with van der Waals surface area (Å²) in [6, 6.07) is 5.44. The van der Waals surface area contributed by atoms with Gasteiger partial charge >= 0.3 is 12.1 Å². The number of benzene rings is 1. The molecular formula is C19H23N3O6S. The first-order chi connectivity index (χ1) is 13.5. The molecule has 10 heteroatoms. The third-order valence-corrected chi connectivity index (χ3v) is 4.59. The second-order valence-corrected chi connectivity index (χ2v) is 8.38. The summed E-state index contributed by atoms with van der Waals surface area (Å²) in [5.74, 6) is -2.00. The quantitative estimate of drug-likeness (QED) is 0.562. The molecule has 0 aliphatic rings. The second kappa shape index (κ2) is 9.01. The summed E-state index contributed by atoms with van der Waals surface area (Å²) in [6.07, 6.45) is -0.564. The van der Waals surface area contributed by atoms with Crippen LogP contribution in [0.1, 0.15) is 36.1 Å². The predicted molar refractivity (Wildman–Crippen MR) is 108 cm³/mol. The van der Waals surface area contributed by atoms with E-state index >= 15 is 0 Å². The van der Waals surface area contributed by atoms with E-state index in [0.29, 0.717) is 15.6 Å². The first-order valence-electron chi connectivity index (χ1n) is 8.72. The van der Waals surface area contributed by atoms with Gasteiger partial charge in [0.25, 0.3) is 5.91 Å². The fourth-order valence-electron chi connectivity index (χ4n) is 2.26. The van der Waals surface area contributed by atoms with Gasteiger partial charge in [-0.1, -0.05) is 0 Å². The van der Waals surface area contributed by atoms with Crippen molar-refractivity contribution in [1.82, 2.24) is 10.3 Å². The van der Waals surface area contributed by atoms with Gasteiger partial charge in [-0.25, -0.2) is 14.6 Å². The smallest absolute Gasteiger partial charge is 0.412 e. The Morgan fingerprint density at radius 3 is 2.34 bits per heavy atom. The zero-order valence-corrected chi connectivity index (χ0v) is 17.3. The van der Waals surface area contributed by atoms with Crippen molar-refractivity contribution in [2.24, 2.45) is 0 Å². The molecule has 2 aromatic rings. The Kier molecular flexibility index (Phi) is 6.93. The molecule has 1 aromatic carbocycles. The third kappa shape index (κ3) is 6.26. The molecule has 9 nitrogen and oxygen atoms in total. The summed E-state index contributed by atoms with van der Waals surface area (Å²) in [6.45, 7) is 6.29. The lowest BCUT2D eigenvalue weighted by Crippen LogP contribution is -2.43. The summed E-state index contributed by atoms with van der Waals surface area (Å²) in [4.78, 5) is 39.9. The lowest BCUT2D eigenvalue weighted by Gasteiger charge is -2.19. The standard InChI is InChI=1S/C19H23N3O6S/c1-10-14(15(24)21-13(9-23)17(25)26)22-16(29-10)11-5-7-12(8-6-11)20-18(27)28-19(2,3)4/h5-8,13,23H,9H2,1-4H3,(H,20,27)(H,21,24)(H,25,26)/t13-/m0/s1. The van der Waals surface area contributed by atoms with Gasteiger partial charge in [0.1, 0.15) is 16.3 Å². The summed E-state index contributed by atoms with van der Waals surface area (Å²) in [5, 5.41) is 23.4. The number of amides is 2. The highest BCUT2D eigenvalue weighted by atomic mass is 32.1. The molecule has 0 radical (unpaired) electrons. The number of aliphatic hydroxyl groups excluding tert-OH is 1. The molecule has 29 heavy (non-hydrogen) atoms. The Morgan fingerprint density at radius 1 is 1.21 bits per heavy atom. The number of carboxylic acids is 1. The van der Waals surface area contributed by atoms with Gasteiger partial charge in [-0.3, -0.25) is 10.1 Å². The molecule has 0 bridgehead atoms. The van der Waals surface area contributed by atoms with Gasteiger partial charge in [-0.05, 0) is 52.0 Å². The molecular weight excluding hydrogens is 398 g/mol. The molecule has 2 amide bonds. The van der Waals surface area contributed by atoms with Crippen molar-refractivity contribution in [3.63, 3.8) is 0 Å². The van der Waals surface area contributed by atoms with E-state index < -0.39 is 36.2 Å². The van der Waals surface area contributed by atoms with E-state index in [1.807, 2.05) is 0 Å². The molecule has 156 valence electrons. The average Bonchev–Trinajstić information content (AvgIpc) is 3.00. The number of thiazole rings is 1. The van der Waals surface area contributed by atoms with E-state index in [2.05, 4.69) is 15.6 Å². The second-order valence-electron chi connectivity index (χ2n) is 7.17. The van der Waals surface area contributed by atoms with Crippen molar-refractivity contribution in [2.45, 2.75) is 39.3 Å². The molecule has 0 aliphatic carbocycles. The summed E-state index contributed by atoms with van der Waals surface area (Å²) < 4.78 is 5.20. The molecule has 0 unspecified atom stereocenters. The number of hydrogen-bond donors (Lipinski definition) is 4. The molecule has 2 rings (SSSR count). The maximum absolute atomic E-state index is 12.3. The normalized spacial score (nSPS) is 12.2. The zero-order valence-electron chi connectivity index (χ0n) is 16.5. The van der Waals surface area contributed by atoms with Crippen molar-refractivity contribution in [2.75, 3.05) is 11.9 Å². The average molecular weight is 421 g/mol. The van der Waals surface area contributed by atoms with Crippen LogP contribution in [0.4, 0.5) is 10.5 Å². The fraction of sp³-hybridized carbons (Fsp3) is 0.368. The maximum atomic E-state index is 12.3. The minimum atomic E-state index is -1.40. The van der Waals surface area contributed by atoms with Crippen LogP contribution in [0.2, 0.25) is 0 Å². The summed E-state index contributed by atoms with van der Waals surface area (Å²) in [5.41, 5.74) is 0.765. The number of carbonyl (C=O) groups excluding carboxylic acids is 2. The first kappa shape index (κ1) is 22.3. The molecule has 0 fully saturated rings. The molecule has 1 heterocycles. The molecule has 0 spiro atoms. The number of aliphatic carboxylic acids is 1. The highest BCUT2D eigenvalue weighted by Gasteiger charge is 2.23. The topological polar surface area (TPSA) is 138 Å². The number of aromatic nitrogens is 1. The van der Waals surface area contributed by atoms with Crippen molar-refractivity contribution < 1.29 is 29.3 Å². The first-order valence-corrected chi connectivity index (χ1v) is 9.54. The zero-order chi connectivity index (χ0) is 21.8. The number of anilines is 1. The van der Waals surface area contributed by atoms with E-state index in [0.717, 1.165) is 5.56 Å². The van der Waals surface area contributed by atoms with Crippen LogP contribution in [0, 0.1) is 6.92 Å². The van der Waals surface area contributed by atoms with E-state index in [-0.39, 0.29) is 5.69 Å². The predicted octanol–water partition coefficient (Wildman–Crippen LogP) is 2.64. The lowest BCUT2D eigenvalue weighted by atomic mass is 10.2. The van der Waals surface area contributed by atoms with Crippen LogP contribution in [-0.2, 0) is 9.53 Å². The highest BCUT2D eigenvalue weighted by molar-refractivity contribution is 7.15. The fourth-order valence-corrected chi connectivity index (χ4v) is 3.18. The number of carbonyl (C=O) groups is 3. The van der Waals surface area contributed by atoms with Crippen LogP contribution in [0.3, 0.4) is 0 Å². The number of nitrogens with one attached hydrogen (secondary N) is 2. The summed E-state index contributed by atoms with van der Waals surface area (Å²) in [7, 11) is 0. The highest BCUT2D eigenvalue weighted by Crippen LogP contribution is 2.28. The van der Waals surface area contributed by atoms with Crippen molar-refractivity contribution in [1.29, 1.82) is 0 Å². The van der Waals surface area contributed by atoms with E-state index in [9.17, 15) is 14.4 Å². The maximum Gasteiger partial charge on any atom is 0.412 e. The van der Waals surface area contributed by atoms with Crippen LogP contribution in [0.15, 0.2) is 24.3 Å². The Morgan fingerprint density at radius 2 is 1.83 bits per heavy atom. The number of aryl methyl sites for hydroxylation is 1. The van der Waals surface area contributed by atoms with Crippen LogP contribution in [0.25, 0.3) is 10.6 Å². The Hall–Kier alpha value is -2.98. The van der Waals surface area contributed by atoms with Crippen LogP contribution < -0.4 is 10.6 Å². The number of rotatable bonds is 6. The van der Waals surface area contributed by atoms with Crippen LogP contribution in [0.5, 0.6) is 0 Å². The Balaban J connectivity index is 2.12. The van der Waals surface area contributed by atoms with Crippen molar-refractivity contribution >= 4 is 35.0 Å². The van der Waals surface area contributed by atoms with Gasteiger partial charge < -0.3 is 20.3 Å². The minimum absolute atomic E-state index is 0.0978. The van der Waals surface area contributed by atoms with Gasteiger partial charge in [-0.2, -0.15) is 0 Å². The van der Waals surface area contributed by atoms with Gasteiger partial charge in [-0.15, -0.1) is 11.3 Å². The SMILES string of the molecule is Cc1sc(-c2ccc(NC(=O)OC(C)(C)C)cc2)nc1C(=O)N[C@@H](CO)C(=O)O. The molecule has 1 atom stereocenters. The third-order valence-electron chi connectivity index (χ3n) is 3.57. The van der Waals surface area contributed by atoms with Gasteiger partial charge in [0.15, 0.2) is 6.04 Å². The molecule has 0 saturated carbocycles. The molecule has 4 N–H and O–H groups in total.